The van der Waals surface area contributed by atoms with E-state index in [1.807, 2.05) is 40.8 Å². The van der Waals surface area contributed by atoms with E-state index in [2.05, 4.69) is 10.3 Å². The standard InChI is InChI=1S/C20H18N3O5P/c1-2-19(24)22-17-12-23-15(7-4-8-18(23)21-17)13-5-3-6-14(11-13)16-9-10-20(28-16)29(25,26)27/h3-12H,2H2,1H3,(H,22,24)(H2,25,26,27). The molecule has 0 saturated carbocycles. The van der Waals surface area contributed by atoms with Gasteiger partial charge in [-0.2, -0.15) is 0 Å². The zero-order chi connectivity index (χ0) is 20.6. The third-order valence-corrected chi connectivity index (χ3v) is 5.22. The Morgan fingerprint density at radius 1 is 1.14 bits per heavy atom. The van der Waals surface area contributed by atoms with E-state index in [1.165, 1.54) is 12.1 Å². The number of hydrogen-bond acceptors (Lipinski definition) is 4. The number of aromatic nitrogens is 2. The first-order valence-electron chi connectivity index (χ1n) is 8.90. The number of nitrogens with zero attached hydrogens (tertiary/aromatic N) is 2. The fourth-order valence-corrected chi connectivity index (χ4v) is 3.49. The SMILES string of the molecule is CCC(=O)Nc1cn2c(-c3cccc(-c4ccc(P(=O)(O)O)o4)c3)cccc2n1. The van der Waals surface area contributed by atoms with E-state index >= 15 is 0 Å². The van der Waals surface area contributed by atoms with Crippen LogP contribution in [0.2, 0.25) is 0 Å². The van der Waals surface area contributed by atoms with Crippen LogP contribution >= 0.6 is 7.60 Å². The summed E-state index contributed by atoms with van der Waals surface area (Å²) in [7, 11) is -4.45. The van der Waals surface area contributed by atoms with E-state index in [4.69, 9.17) is 4.42 Å². The van der Waals surface area contributed by atoms with Gasteiger partial charge in [0.25, 0.3) is 0 Å². The lowest BCUT2D eigenvalue weighted by Gasteiger charge is -2.07. The minimum atomic E-state index is -4.45. The molecule has 148 valence electrons. The lowest BCUT2D eigenvalue weighted by atomic mass is 10.1. The lowest BCUT2D eigenvalue weighted by Crippen LogP contribution is -2.09. The van der Waals surface area contributed by atoms with Gasteiger partial charge in [0.2, 0.25) is 11.4 Å². The van der Waals surface area contributed by atoms with Crippen LogP contribution in [-0.2, 0) is 9.36 Å². The molecule has 0 spiro atoms. The van der Waals surface area contributed by atoms with Gasteiger partial charge in [-0.15, -0.1) is 0 Å². The van der Waals surface area contributed by atoms with Crippen LogP contribution in [0, 0.1) is 0 Å². The highest BCUT2D eigenvalue weighted by atomic mass is 31.2. The van der Waals surface area contributed by atoms with Crippen molar-refractivity contribution in [2.24, 2.45) is 0 Å². The summed E-state index contributed by atoms with van der Waals surface area (Å²) >= 11 is 0. The number of carbonyl (C=O) groups is 1. The first kappa shape index (κ1) is 19.1. The van der Waals surface area contributed by atoms with Crippen LogP contribution in [0.15, 0.2) is 65.2 Å². The number of benzene rings is 1. The number of furan rings is 1. The summed E-state index contributed by atoms with van der Waals surface area (Å²) in [6.45, 7) is 1.77. The number of hydrogen-bond donors (Lipinski definition) is 3. The maximum absolute atomic E-state index is 11.7. The molecular weight excluding hydrogens is 393 g/mol. The predicted molar refractivity (Wildman–Crippen MR) is 109 cm³/mol. The second-order valence-electron chi connectivity index (χ2n) is 6.43. The molecule has 4 rings (SSSR count). The summed E-state index contributed by atoms with van der Waals surface area (Å²) in [6.07, 6.45) is 2.12. The van der Waals surface area contributed by atoms with E-state index in [1.54, 1.807) is 19.2 Å². The van der Waals surface area contributed by atoms with Gasteiger partial charge < -0.3 is 19.5 Å². The highest BCUT2D eigenvalue weighted by Crippen LogP contribution is 2.36. The molecule has 0 aliphatic rings. The summed E-state index contributed by atoms with van der Waals surface area (Å²) in [4.78, 5) is 34.6. The van der Waals surface area contributed by atoms with Gasteiger partial charge in [-0.1, -0.05) is 31.2 Å². The van der Waals surface area contributed by atoms with Crippen LogP contribution < -0.4 is 10.8 Å². The van der Waals surface area contributed by atoms with E-state index in [-0.39, 0.29) is 11.4 Å². The maximum Gasteiger partial charge on any atom is 0.391 e. The number of nitrogens with one attached hydrogen (secondary N) is 1. The van der Waals surface area contributed by atoms with E-state index in [0.717, 1.165) is 11.3 Å². The number of carbonyl (C=O) groups excluding carboxylic acids is 1. The van der Waals surface area contributed by atoms with Crippen molar-refractivity contribution in [2.75, 3.05) is 5.32 Å². The van der Waals surface area contributed by atoms with Crippen molar-refractivity contribution in [1.29, 1.82) is 0 Å². The second kappa shape index (κ2) is 7.33. The number of rotatable bonds is 5. The minimum absolute atomic E-state index is 0.115. The van der Waals surface area contributed by atoms with E-state index < -0.39 is 7.60 Å². The predicted octanol–water partition coefficient (Wildman–Crippen LogP) is 3.41. The van der Waals surface area contributed by atoms with Gasteiger partial charge >= 0.3 is 7.60 Å². The molecule has 0 saturated heterocycles. The Hall–Kier alpha value is -3.19. The molecule has 0 aliphatic carbocycles. The van der Waals surface area contributed by atoms with Crippen molar-refractivity contribution >= 4 is 30.5 Å². The summed E-state index contributed by atoms with van der Waals surface area (Å²) in [5.74, 6) is 0.715. The number of amides is 1. The molecule has 3 N–H and O–H groups in total. The van der Waals surface area contributed by atoms with Gasteiger partial charge in [0.1, 0.15) is 11.4 Å². The maximum atomic E-state index is 11.7. The summed E-state index contributed by atoms with van der Waals surface area (Å²) in [5, 5.41) is 2.75. The van der Waals surface area contributed by atoms with Crippen molar-refractivity contribution in [3.63, 3.8) is 0 Å². The molecular formula is C20H18N3O5P. The van der Waals surface area contributed by atoms with Crippen molar-refractivity contribution < 1.29 is 23.6 Å². The first-order chi connectivity index (χ1) is 13.8. The number of fused-ring (bicyclic) bond motifs is 1. The molecule has 1 amide bonds. The van der Waals surface area contributed by atoms with Crippen molar-refractivity contribution in [3.8, 4) is 22.6 Å². The Morgan fingerprint density at radius 3 is 2.62 bits per heavy atom. The average molecular weight is 411 g/mol. The fraction of sp³-hybridized carbons (Fsp3) is 0.100. The van der Waals surface area contributed by atoms with Gasteiger partial charge in [0, 0.05) is 12.0 Å². The molecule has 29 heavy (non-hydrogen) atoms. The zero-order valence-corrected chi connectivity index (χ0v) is 16.3. The van der Waals surface area contributed by atoms with Crippen molar-refractivity contribution in [1.82, 2.24) is 9.38 Å². The Balaban J connectivity index is 1.75. The third kappa shape index (κ3) is 3.86. The molecule has 0 unspecified atom stereocenters. The molecule has 0 radical (unpaired) electrons. The highest BCUT2D eigenvalue weighted by molar-refractivity contribution is 7.59. The summed E-state index contributed by atoms with van der Waals surface area (Å²) in [5.41, 5.74) is 2.69. The lowest BCUT2D eigenvalue weighted by molar-refractivity contribution is -0.115. The van der Waals surface area contributed by atoms with Crippen molar-refractivity contribution in [2.45, 2.75) is 13.3 Å². The molecule has 3 aromatic heterocycles. The summed E-state index contributed by atoms with van der Waals surface area (Å²) < 4.78 is 18.6. The molecule has 4 aromatic rings. The minimum Gasteiger partial charge on any atom is -0.448 e. The Bertz CT molecular complexity index is 1250. The van der Waals surface area contributed by atoms with Crippen LogP contribution in [-0.4, -0.2) is 25.1 Å². The number of imidazole rings is 1. The molecule has 0 aliphatic heterocycles. The monoisotopic (exact) mass is 411 g/mol. The Kier molecular flexibility index (Phi) is 4.84. The third-order valence-electron chi connectivity index (χ3n) is 4.40. The van der Waals surface area contributed by atoms with Gasteiger partial charge in [0.15, 0.2) is 5.82 Å². The number of anilines is 1. The van der Waals surface area contributed by atoms with Crippen LogP contribution in [0.5, 0.6) is 0 Å². The molecule has 3 heterocycles. The van der Waals surface area contributed by atoms with Gasteiger partial charge in [0.05, 0.1) is 11.9 Å². The van der Waals surface area contributed by atoms with E-state index in [0.29, 0.717) is 29.2 Å². The van der Waals surface area contributed by atoms with Crippen molar-refractivity contribution in [3.05, 3.63) is 60.8 Å². The molecule has 8 nitrogen and oxygen atoms in total. The molecule has 0 atom stereocenters. The normalized spacial score (nSPS) is 11.7. The van der Waals surface area contributed by atoms with E-state index in [9.17, 15) is 19.1 Å². The summed E-state index contributed by atoms with van der Waals surface area (Å²) in [6, 6.07) is 15.8. The first-order valence-corrected chi connectivity index (χ1v) is 10.5. The molecule has 1 aromatic carbocycles. The van der Waals surface area contributed by atoms with Gasteiger partial charge in [-0.3, -0.25) is 13.8 Å². The van der Waals surface area contributed by atoms with Crippen LogP contribution in [0.25, 0.3) is 28.2 Å². The topological polar surface area (TPSA) is 117 Å². The quantitative estimate of drug-likeness (QED) is 0.433. The van der Waals surface area contributed by atoms with Crippen LogP contribution in [0.3, 0.4) is 0 Å². The molecule has 9 heteroatoms. The smallest absolute Gasteiger partial charge is 0.391 e. The highest BCUT2D eigenvalue weighted by Gasteiger charge is 2.22. The molecule has 0 bridgehead atoms. The second-order valence-corrected chi connectivity index (χ2v) is 7.96. The molecule has 0 fully saturated rings. The Labute approximate surface area is 166 Å². The Morgan fingerprint density at radius 2 is 1.90 bits per heavy atom. The fourth-order valence-electron chi connectivity index (χ4n) is 3.01. The van der Waals surface area contributed by atoms with Crippen LogP contribution in [0.1, 0.15) is 13.3 Å². The number of pyridine rings is 1. The largest absolute Gasteiger partial charge is 0.448 e. The van der Waals surface area contributed by atoms with Crippen LogP contribution in [0.4, 0.5) is 5.82 Å². The van der Waals surface area contributed by atoms with Gasteiger partial charge in [-0.25, -0.2) is 4.98 Å². The van der Waals surface area contributed by atoms with Gasteiger partial charge in [-0.05, 0) is 35.9 Å². The zero-order valence-electron chi connectivity index (χ0n) is 15.4. The average Bonchev–Trinajstić information content (AvgIpc) is 3.34.